The van der Waals surface area contributed by atoms with Crippen LogP contribution < -0.4 is 16.4 Å². The maximum atomic E-state index is 15.4. The molecule has 4 N–H and O–H groups in total. The van der Waals surface area contributed by atoms with Crippen molar-refractivity contribution in [1.82, 2.24) is 15.1 Å². The average molecular weight is 754 g/mol. The number of aromatic nitrogens is 2. The first kappa shape index (κ1) is 39.8. The fourth-order valence-electron chi connectivity index (χ4n) is 5.41. The maximum Gasteiger partial charge on any atom is 0.435 e. The number of alkyl carbamates (subject to hydrolysis) is 1. The van der Waals surface area contributed by atoms with Crippen molar-refractivity contribution in [2.45, 2.75) is 84.4 Å². The first-order chi connectivity index (χ1) is 25.2. The Morgan fingerprint density at radius 1 is 0.926 bits per heavy atom. The maximum absolute atomic E-state index is 15.4. The van der Waals surface area contributed by atoms with E-state index in [2.05, 4.69) is 15.7 Å². The van der Waals surface area contributed by atoms with E-state index >= 15 is 4.39 Å². The number of nitrogens with two attached hydrogens (primary N) is 1. The third-order valence-corrected chi connectivity index (χ3v) is 7.97. The van der Waals surface area contributed by atoms with Gasteiger partial charge in [-0.1, -0.05) is 30.3 Å². The molecule has 4 aromatic rings. The van der Waals surface area contributed by atoms with Gasteiger partial charge in [0.2, 0.25) is 0 Å². The highest BCUT2D eigenvalue weighted by atomic mass is 19.4. The molecule has 0 spiro atoms. The third kappa shape index (κ3) is 10.4. The Balaban J connectivity index is 1.48. The molecule has 0 bridgehead atoms. The molecule has 0 aliphatic heterocycles. The largest absolute Gasteiger partial charge is 0.456 e. The van der Waals surface area contributed by atoms with Crippen LogP contribution in [0.5, 0.6) is 0 Å². The Bertz CT molecular complexity index is 2030. The SMILES string of the molecule is CC(C)(C)OC(=O)NCc1cccc(-n2nc(C(F)(F)F)cc2C(=O)Nc2cc(C(OCC3CC3)c3cccc(N)c3C(=O)OC(C)(C)C)ccc2F)c1. The number of anilines is 2. The highest BCUT2D eigenvalue weighted by Gasteiger charge is 2.37. The van der Waals surface area contributed by atoms with Crippen LogP contribution in [0.15, 0.2) is 66.7 Å². The molecular weight excluding hydrogens is 710 g/mol. The number of rotatable bonds is 11. The number of hydrogen-bond donors (Lipinski definition) is 3. The number of esters is 1. The van der Waals surface area contributed by atoms with E-state index in [4.69, 9.17) is 19.9 Å². The Kier molecular flexibility index (Phi) is 11.4. The van der Waals surface area contributed by atoms with Crippen LogP contribution in [0, 0.1) is 11.7 Å². The number of nitrogens with one attached hydrogen (secondary N) is 2. The van der Waals surface area contributed by atoms with Gasteiger partial charge in [0.25, 0.3) is 5.91 Å². The topological polar surface area (TPSA) is 147 Å². The summed E-state index contributed by atoms with van der Waals surface area (Å²) in [5.41, 5.74) is 3.84. The van der Waals surface area contributed by atoms with Crippen LogP contribution in [0.3, 0.4) is 0 Å². The smallest absolute Gasteiger partial charge is 0.435 e. The molecule has 15 heteroatoms. The summed E-state index contributed by atoms with van der Waals surface area (Å²) in [5, 5.41) is 8.63. The van der Waals surface area contributed by atoms with Crippen LogP contribution >= 0.6 is 0 Å². The van der Waals surface area contributed by atoms with Crippen LogP contribution in [0.2, 0.25) is 0 Å². The van der Waals surface area contributed by atoms with E-state index in [1.807, 2.05) is 0 Å². The highest BCUT2D eigenvalue weighted by molar-refractivity contribution is 6.03. The van der Waals surface area contributed by atoms with Gasteiger partial charge >= 0.3 is 18.2 Å². The van der Waals surface area contributed by atoms with Crippen molar-refractivity contribution in [1.29, 1.82) is 0 Å². The van der Waals surface area contributed by atoms with Gasteiger partial charge in [0.1, 0.15) is 28.8 Å². The van der Waals surface area contributed by atoms with Crippen molar-refractivity contribution in [3.05, 3.63) is 106 Å². The van der Waals surface area contributed by atoms with Crippen LogP contribution in [0.25, 0.3) is 5.69 Å². The molecule has 0 radical (unpaired) electrons. The number of carbonyl (C=O) groups excluding carboxylic acids is 3. The van der Waals surface area contributed by atoms with Crippen LogP contribution in [-0.2, 0) is 26.9 Å². The molecule has 1 saturated carbocycles. The van der Waals surface area contributed by atoms with Gasteiger partial charge < -0.3 is 30.6 Å². The number of nitrogens with zero attached hydrogens (tertiary/aromatic N) is 2. The van der Waals surface area contributed by atoms with Crippen LogP contribution in [0.4, 0.5) is 33.7 Å². The van der Waals surface area contributed by atoms with Gasteiger partial charge in [-0.05, 0) is 102 Å². The summed E-state index contributed by atoms with van der Waals surface area (Å²) >= 11 is 0. The van der Waals surface area contributed by atoms with E-state index < -0.39 is 58.7 Å². The molecule has 288 valence electrons. The lowest BCUT2D eigenvalue weighted by atomic mass is 9.94. The molecule has 1 aliphatic carbocycles. The van der Waals surface area contributed by atoms with E-state index in [0.717, 1.165) is 23.6 Å². The zero-order valence-corrected chi connectivity index (χ0v) is 30.8. The number of alkyl halides is 3. The molecule has 1 aliphatic rings. The highest BCUT2D eigenvalue weighted by Crippen LogP contribution is 2.38. The minimum Gasteiger partial charge on any atom is -0.456 e. The monoisotopic (exact) mass is 753 g/mol. The summed E-state index contributed by atoms with van der Waals surface area (Å²) in [5.74, 6) is -2.39. The number of halogens is 4. The zero-order valence-electron chi connectivity index (χ0n) is 30.8. The lowest BCUT2D eigenvalue weighted by molar-refractivity contribution is -0.141. The van der Waals surface area contributed by atoms with Crippen LogP contribution in [-0.4, -0.2) is 45.6 Å². The standard InChI is InChI=1S/C39H43F4N5O6/c1-37(2,3)53-35(50)32-26(11-8-12-28(32)44)33(52-21-22-13-14-22)24-15-16-27(40)29(18-24)46-34(49)30-19-31(39(41,42)43)47-48(30)25-10-7-9-23(17-25)20-45-36(51)54-38(4,5)6/h7-12,15-19,22,33H,13-14,20-21,44H2,1-6H3,(H,45,51)(H,46,49). The third-order valence-electron chi connectivity index (χ3n) is 7.97. The van der Waals surface area contributed by atoms with Crippen molar-refractivity contribution in [2.75, 3.05) is 17.7 Å². The normalized spacial score (nSPS) is 14.0. The number of benzene rings is 3. The molecule has 1 atom stereocenters. The molecule has 1 fully saturated rings. The number of nitrogen functional groups attached to an aromatic ring is 1. The predicted octanol–water partition coefficient (Wildman–Crippen LogP) is 8.36. The van der Waals surface area contributed by atoms with E-state index in [0.29, 0.717) is 29.4 Å². The van der Waals surface area contributed by atoms with Crippen molar-refractivity contribution < 1.29 is 46.2 Å². The molecule has 11 nitrogen and oxygen atoms in total. The minimum atomic E-state index is -4.92. The van der Waals surface area contributed by atoms with Gasteiger partial charge in [0.15, 0.2) is 5.69 Å². The lowest BCUT2D eigenvalue weighted by Crippen LogP contribution is -2.32. The molecule has 1 heterocycles. The van der Waals surface area contributed by atoms with Crippen molar-refractivity contribution in [2.24, 2.45) is 5.92 Å². The average Bonchev–Trinajstić information content (AvgIpc) is 3.77. The quantitative estimate of drug-likeness (QED) is 0.0787. The van der Waals surface area contributed by atoms with E-state index in [-0.39, 0.29) is 35.1 Å². The first-order valence-electron chi connectivity index (χ1n) is 17.3. The number of hydrogen-bond acceptors (Lipinski definition) is 8. The van der Waals surface area contributed by atoms with Crippen molar-refractivity contribution >= 4 is 29.3 Å². The van der Waals surface area contributed by atoms with Gasteiger partial charge in [0, 0.05) is 23.9 Å². The summed E-state index contributed by atoms with van der Waals surface area (Å²) < 4.78 is 75.2. The second-order valence-corrected chi connectivity index (χ2v) is 15.0. The second-order valence-electron chi connectivity index (χ2n) is 15.0. The molecule has 2 amide bonds. The summed E-state index contributed by atoms with van der Waals surface area (Å²) in [4.78, 5) is 39.3. The van der Waals surface area contributed by atoms with Crippen molar-refractivity contribution in [3.8, 4) is 5.69 Å². The van der Waals surface area contributed by atoms with Gasteiger partial charge in [-0.15, -0.1) is 0 Å². The number of carbonyl (C=O) groups is 3. The van der Waals surface area contributed by atoms with Gasteiger partial charge in [-0.3, -0.25) is 4.79 Å². The molecule has 5 rings (SSSR count). The lowest BCUT2D eigenvalue weighted by Gasteiger charge is -2.25. The second kappa shape index (κ2) is 15.5. The van der Waals surface area contributed by atoms with E-state index in [1.165, 1.54) is 30.3 Å². The van der Waals surface area contributed by atoms with E-state index in [1.54, 1.807) is 65.8 Å². The van der Waals surface area contributed by atoms with Crippen LogP contribution in [0.1, 0.15) is 104 Å². The zero-order chi connectivity index (χ0) is 39.6. The van der Waals surface area contributed by atoms with Gasteiger partial charge in [-0.25, -0.2) is 18.7 Å². The summed E-state index contributed by atoms with van der Waals surface area (Å²) in [6.07, 6.45) is -4.69. The minimum absolute atomic E-state index is 0.0393. The molecule has 1 unspecified atom stereocenters. The molecule has 0 saturated heterocycles. The number of amides is 2. The first-order valence-corrected chi connectivity index (χ1v) is 17.3. The molecule has 54 heavy (non-hydrogen) atoms. The predicted molar refractivity (Wildman–Crippen MR) is 193 cm³/mol. The van der Waals surface area contributed by atoms with Crippen molar-refractivity contribution in [3.63, 3.8) is 0 Å². The molecule has 1 aromatic heterocycles. The fraction of sp³-hybridized carbons (Fsp3) is 0.385. The number of ether oxygens (including phenoxy) is 3. The molecular formula is C39H43F4N5O6. The summed E-state index contributed by atoms with van der Waals surface area (Å²) in [6.45, 7) is 10.5. The Labute approximate surface area is 310 Å². The Morgan fingerprint density at radius 2 is 1.61 bits per heavy atom. The summed E-state index contributed by atoms with van der Waals surface area (Å²) in [6, 6.07) is 15.2. The van der Waals surface area contributed by atoms with E-state index in [9.17, 15) is 27.6 Å². The summed E-state index contributed by atoms with van der Waals surface area (Å²) in [7, 11) is 0. The Hall–Kier alpha value is -5.44. The Morgan fingerprint density at radius 3 is 2.26 bits per heavy atom. The molecule has 3 aromatic carbocycles. The fourth-order valence-corrected chi connectivity index (χ4v) is 5.41. The van der Waals surface area contributed by atoms with Gasteiger partial charge in [0.05, 0.1) is 23.5 Å². The van der Waals surface area contributed by atoms with Gasteiger partial charge in [-0.2, -0.15) is 18.3 Å².